The molecule has 2 N–H and O–H groups in total. The van der Waals surface area contributed by atoms with Crippen molar-refractivity contribution in [1.29, 1.82) is 0 Å². The molecule has 0 bridgehead atoms. The number of carbonyl (C=O) groups is 1. The number of hydrogen-bond acceptors (Lipinski definition) is 4. The molecular weight excluding hydrogens is 225 g/mol. The van der Waals surface area contributed by atoms with Crippen LogP contribution in [0.15, 0.2) is 18.2 Å². The highest BCUT2D eigenvalue weighted by molar-refractivity contribution is 5.78. The first kappa shape index (κ1) is 13.4. The van der Waals surface area contributed by atoms with E-state index in [1.165, 1.54) is 6.07 Å². The summed E-state index contributed by atoms with van der Waals surface area (Å²) in [6, 6.07) is 2.62. The summed E-state index contributed by atoms with van der Waals surface area (Å²) >= 11 is 0. The molecule has 0 aliphatic heterocycles. The van der Waals surface area contributed by atoms with Crippen LogP contribution in [0.3, 0.4) is 0 Å². The predicted molar refractivity (Wildman–Crippen MR) is 61.1 cm³/mol. The molecule has 1 atom stereocenters. The van der Waals surface area contributed by atoms with Crippen LogP contribution in [0.5, 0.6) is 5.75 Å². The topological polar surface area (TPSA) is 58.6 Å². The van der Waals surface area contributed by atoms with Crippen molar-refractivity contribution >= 4 is 5.97 Å². The fourth-order valence-electron chi connectivity index (χ4n) is 1.51. The van der Waals surface area contributed by atoms with Crippen molar-refractivity contribution in [3.05, 3.63) is 29.6 Å². The second kappa shape index (κ2) is 6.20. The number of hydrogen-bond donors (Lipinski definition) is 2. The summed E-state index contributed by atoms with van der Waals surface area (Å²) in [6.45, 7) is 4.23. The molecule has 0 saturated carbocycles. The van der Waals surface area contributed by atoms with Crippen molar-refractivity contribution in [3.8, 4) is 5.75 Å². The fraction of sp³-hybridized carbons (Fsp3) is 0.417. The predicted octanol–water partition coefficient (Wildman–Crippen LogP) is 1.74. The van der Waals surface area contributed by atoms with Crippen molar-refractivity contribution in [2.75, 3.05) is 13.2 Å². The highest BCUT2D eigenvalue weighted by Crippen LogP contribution is 2.25. The number of ether oxygens (including phenoxy) is 1. The van der Waals surface area contributed by atoms with E-state index in [9.17, 15) is 14.3 Å². The van der Waals surface area contributed by atoms with E-state index in [1.54, 1.807) is 6.92 Å². The molecule has 0 fully saturated rings. The average molecular weight is 241 g/mol. The number of esters is 1. The Hall–Kier alpha value is -1.62. The number of nitrogens with one attached hydrogen (secondary N) is 1. The third-order valence-corrected chi connectivity index (χ3v) is 2.23. The largest absolute Gasteiger partial charge is 0.508 e. The van der Waals surface area contributed by atoms with Crippen molar-refractivity contribution in [2.24, 2.45) is 0 Å². The minimum Gasteiger partial charge on any atom is -0.508 e. The maximum absolute atomic E-state index is 13.1. The second-order valence-electron chi connectivity index (χ2n) is 3.45. The molecule has 17 heavy (non-hydrogen) atoms. The van der Waals surface area contributed by atoms with Crippen LogP contribution in [-0.2, 0) is 9.53 Å². The lowest BCUT2D eigenvalue weighted by molar-refractivity contribution is -0.145. The zero-order valence-electron chi connectivity index (χ0n) is 9.87. The van der Waals surface area contributed by atoms with Crippen LogP contribution in [0.1, 0.15) is 25.5 Å². The lowest BCUT2D eigenvalue weighted by Crippen LogP contribution is -2.30. The molecule has 0 heterocycles. The maximum atomic E-state index is 13.1. The van der Waals surface area contributed by atoms with Crippen LogP contribution in [0.4, 0.5) is 4.39 Å². The van der Waals surface area contributed by atoms with Crippen molar-refractivity contribution in [2.45, 2.75) is 19.9 Å². The summed E-state index contributed by atoms with van der Waals surface area (Å²) in [5.41, 5.74) is 0.185. The number of halogens is 1. The van der Waals surface area contributed by atoms with E-state index in [2.05, 4.69) is 5.32 Å². The van der Waals surface area contributed by atoms with Gasteiger partial charge in [-0.1, -0.05) is 6.92 Å². The van der Waals surface area contributed by atoms with Gasteiger partial charge in [0.05, 0.1) is 6.61 Å². The van der Waals surface area contributed by atoms with Crippen LogP contribution < -0.4 is 5.32 Å². The number of aromatic hydroxyl groups is 1. The van der Waals surface area contributed by atoms with Gasteiger partial charge in [0.1, 0.15) is 17.6 Å². The Morgan fingerprint density at radius 1 is 1.53 bits per heavy atom. The molecular formula is C12H16FNO3. The van der Waals surface area contributed by atoms with E-state index in [0.29, 0.717) is 6.54 Å². The molecule has 0 aromatic heterocycles. The number of carbonyl (C=O) groups excluding carboxylic acids is 1. The monoisotopic (exact) mass is 241 g/mol. The molecule has 5 heteroatoms. The molecule has 1 aromatic carbocycles. The minimum absolute atomic E-state index is 0.134. The van der Waals surface area contributed by atoms with E-state index in [1.807, 2.05) is 6.92 Å². The summed E-state index contributed by atoms with van der Waals surface area (Å²) in [5, 5.41) is 12.5. The molecule has 0 radical (unpaired) electrons. The van der Waals surface area contributed by atoms with Crippen LogP contribution in [0.2, 0.25) is 0 Å². The third-order valence-electron chi connectivity index (χ3n) is 2.23. The molecule has 1 aromatic rings. The Balaban J connectivity index is 3.04. The Morgan fingerprint density at radius 3 is 2.82 bits per heavy atom. The minimum atomic E-state index is -0.851. The molecule has 0 spiro atoms. The zero-order chi connectivity index (χ0) is 12.8. The van der Waals surface area contributed by atoms with E-state index in [-0.39, 0.29) is 17.9 Å². The quantitative estimate of drug-likeness (QED) is 0.771. The number of phenolic OH excluding ortho intramolecular Hbond substituents is 1. The Bertz CT molecular complexity index is 395. The molecule has 0 aliphatic carbocycles. The van der Waals surface area contributed by atoms with Crippen LogP contribution in [0.25, 0.3) is 0 Å². The molecule has 1 rings (SSSR count). The van der Waals surface area contributed by atoms with E-state index in [0.717, 1.165) is 12.1 Å². The van der Waals surface area contributed by atoms with Gasteiger partial charge in [0.25, 0.3) is 0 Å². The first-order valence-electron chi connectivity index (χ1n) is 5.48. The van der Waals surface area contributed by atoms with Crippen LogP contribution >= 0.6 is 0 Å². The fourth-order valence-corrected chi connectivity index (χ4v) is 1.51. The van der Waals surface area contributed by atoms with Gasteiger partial charge in [-0.25, -0.2) is 9.18 Å². The Morgan fingerprint density at radius 2 is 2.24 bits per heavy atom. The summed E-state index contributed by atoms with van der Waals surface area (Å²) in [6.07, 6.45) is 0. The highest BCUT2D eigenvalue weighted by Gasteiger charge is 2.24. The van der Waals surface area contributed by atoms with Crippen molar-refractivity contribution in [3.63, 3.8) is 0 Å². The van der Waals surface area contributed by atoms with Gasteiger partial charge in [-0.3, -0.25) is 0 Å². The van der Waals surface area contributed by atoms with Gasteiger partial charge in [0.2, 0.25) is 0 Å². The standard InChI is InChI=1S/C12H16FNO3/c1-3-14-11(12(16)17-4-2)9-7-8(13)5-6-10(9)15/h5-7,11,14-15H,3-4H2,1-2H3. The number of likely N-dealkylation sites (N-methyl/N-ethyl adjacent to an activating group) is 1. The van der Waals surface area contributed by atoms with Gasteiger partial charge in [-0.15, -0.1) is 0 Å². The Kier molecular flexibility index (Phi) is 4.90. The van der Waals surface area contributed by atoms with E-state index in [4.69, 9.17) is 4.74 Å². The average Bonchev–Trinajstić information content (AvgIpc) is 2.30. The summed E-state index contributed by atoms with van der Waals surface area (Å²) in [4.78, 5) is 11.7. The maximum Gasteiger partial charge on any atom is 0.327 e. The highest BCUT2D eigenvalue weighted by atomic mass is 19.1. The lowest BCUT2D eigenvalue weighted by Gasteiger charge is -2.17. The van der Waals surface area contributed by atoms with Gasteiger partial charge in [0.15, 0.2) is 0 Å². The molecule has 94 valence electrons. The number of phenols is 1. The SMILES string of the molecule is CCNC(C(=O)OCC)c1cc(F)ccc1O. The first-order chi connectivity index (χ1) is 8.10. The molecule has 4 nitrogen and oxygen atoms in total. The number of rotatable bonds is 5. The van der Waals surface area contributed by atoms with E-state index < -0.39 is 17.8 Å². The summed E-state index contributed by atoms with van der Waals surface area (Å²) in [5.74, 6) is -1.18. The first-order valence-corrected chi connectivity index (χ1v) is 5.48. The van der Waals surface area contributed by atoms with Crippen LogP contribution in [-0.4, -0.2) is 24.2 Å². The third kappa shape index (κ3) is 3.42. The lowest BCUT2D eigenvalue weighted by atomic mass is 10.1. The Labute approximate surface area is 99.4 Å². The second-order valence-corrected chi connectivity index (χ2v) is 3.45. The zero-order valence-corrected chi connectivity index (χ0v) is 9.87. The molecule has 0 aliphatic rings. The summed E-state index contributed by atoms with van der Waals surface area (Å²) in [7, 11) is 0. The molecule has 0 amide bonds. The summed E-state index contributed by atoms with van der Waals surface area (Å²) < 4.78 is 18.0. The van der Waals surface area contributed by atoms with Crippen molar-refractivity contribution < 1.29 is 19.0 Å². The van der Waals surface area contributed by atoms with Gasteiger partial charge in [-0.05, 0) is 31.7 Å². The molecule has 0 saturated heterocycles. The van der Waals surface area contributed by atoms with Crippen molar-refractivity contribution in [1.82, 2.24) is 5.32 Å². The normalized spacial score (nSPS) is 12.2. The smallest absolute Gasteiger partial charge is 0.327 e. The number of benzene rings is 1. The van der Waals surface area contributed by atoms with Crippen LogP contribution in [0, 0.1) is 5.82 Å². The van der Waals surface area contributed by atoms with Gasteiger partial charge in [0, 0.05) is 5.56 Å². The van der Waals surface area contributed by atoms with Gasteiger partial charge < -0.3 is 15.2 Å². The van der Waals surface area contributed by atoms with Gasteiger partial charge >= 0.3 is 5.97 Å². The van der Waals surface area contributed by atoms with Gasteiger partial charge in [-0.2, -0.15) is 0 Å². The molecule has 1 unspecified atom stereocenters. The van der Waals surface area contributed by atoms with E-state index >= 15 is 0 Å².